The molecule has 0 saturated carbocycles. The van der Waals surface area contributed by atoms with Crippen molar-refractivity contribution in [2.45, 2.75) is 0 Å². The number of hydrogen-bond acceptors (Lipinski definition) is 3. The average Bonchev–Trinajstić information content (AvgIpc) is 2.41. The van der Waals surface area contributed by atoms with Gasteiger partial charge in [-0.3, -0.25) is 9.97 Å². The summed E-state index contributed by atoms with van der Waals surface area (Å²) in [6, 6.07) is 13.5. The maximum absolute atomic E-state index is 4.12. The molecule has 2 heterocycles. The summed E-state index contributed by atoms with van der Waals surface area (Å²) < 4.78 is 0.884. The first-order chi connectivity index (χ1) is 8.36. The molecule has 0 aliphatic heterocycles. The SMILES string of the molecule is Brc1ccccn1.[H-].[H-].[Mg+2].c1ccc2nccnc2c1. The Labute approximate surface area is 133 Å². The van der Waals surface area contributed by atoms with E-state index in [1.54, 1.807) is 18.6 Å². The standard InChI is InChI=1S/C8H6N2.C5H4BrN.Mg.2H/c1-2-4-8-7(3-1)9-5-6-10-8;6-5-3-1-2-4-7-5;;;/h1-6H;1-4H;;;/q;;+2;2*-1. The Morgan fingerprint density at radius 1 is 0.722 bits per heavy atom. The van der Waals surface area contributed by atoms with Gasteiger partial charge < -0.3 is 2.85 Å². The van der Waals surface area contributed by atoms with Crippen LogP contribution in [0.2, 0.25) is 0 Å². The minimum Gasteiger partial charge on any atom is -1.00 e. The van der Waals surface area contributed by atoms with Crippen molar-refractivity contribution >= 4 is 50.0 Å². The van der Waals surface area contributed by atoms with Crippen LogP contribution >= 0.6 is 15.9 Å². The molecule has 1 aromatic carbocycles. The van der Waals surface area contributed by atoms with Crippen LogP contribution in [0.4, 0.5) is 0 Å². The van der Waals surface area contributed by atoms with E-state index in [9.17, 15) is 0 Å². The van der Waals surface area contributed by atoms with E-state index in [2.05, 4.69) is 30.9 Å². The van der Waals surface area contributed by atoms with Gasteiger partial charge in [0.2, 0.25) is 0 Å². The Morgan fingerprint density at radius 2 is 1.28 bits per heavy atom. The van der Waals surface area contributed by atoms with Crippen molar-refractivity contribution in [1.82, 2.24) is 15.0 Å². The Morgan fingerprint density at radius 3 is 1.67 bits per heavy atom. The summed E-state index contributed by atoms with van der Waals surface area (Å²) in [5, 5.41) is 0. The van der Waals surface area contributed by atoms with Crippen molar-refractivity contribution in [3.63, 3.8) is 0 Å². The molecular weight excluding hydrogens is 302 g/mol. The summed E-state index contributed by atoms with van der Waals surface area (Å²) in [4.78, 5) is 12.1. The number of rotatable bonds is 0. The van der Waals surface area contributed by atoms with Crippen LogP contribution in [0.5, 0.6) is 0 Å². The van der Waals surface area contributed by atoms with Crippen molar-refractivity contribution in [3.05, 3.63) is 65.7 Å². The zero-order valence-corrected chi connectivity index (χ0v) is 12.7. The van der Waals surface area contributed by atoms with Crippen molar-refractivity contribution in [1.29, 1.82) is 0 Å². The van der Waals surface area contributed by atoms with Crippen LogP contribution in [0.25, 0.3) is 11.0 Å². The maximum Gasteiger partial charge on any atom is 2.00 e. The first-order valence-corrected chi connectivity index (χ1v) is 5.88. The monoisotopic (exact) mass is 313 g/mol. The van der Waals surface area contributed by atoms with E-state index in [0.29, 0.717) is 0 Å². The summed E-state index contributed by atoms with van der Waals surface area (Å²) in [7, 11) is 0. The van der Waals surface area contributed by atoms with E-state index >= 15 is 0 Å². The molecule has 0 spiro atoms. The van der Waals surface area contributed by atoms with Crippen molar-refractivity contribution in [2.75, 3.05) is 0 Å². The van der Waals surface area contributed by atoms with Crippen molar-refractivity contribution in [3.8, 4) is 0 Å². The minimum atomic E-state index is 0. The molecule has 0 saturated heterocycles. The summed E-state index contributed by atoms with van der Waals surface area (Å²) in [6.07, 6.45) is 5.13. The second-order valence-electron chi connectivity index (χ2n) is 3.20. The Hall–Kier alpha value is -1.04. The molecule has 0 amide bonds. The van der Waals surface area contributed by atoms with Gasteiger partial charge in [0.15, 0.2) is 0 Å². The molecule has 0 N–H and O–H groups in total. The van der Waals surface area contributed by atoms with Gasteiger partial charge in [0.25, 0.3) is 0 Å². The third-order valence-corrected chi connectivity index (χ3v) is 2.47. The van der Waals surface area contributed by atoms with Gasteiger partial charge in [0, 0.05) is 18.6 Å². The molecule has 5 heteroatoms. The van der Waals surface area contributed by atoms with Gasteiger partial charge in [0.1, 0.15) is 4.60 Å². The number of halogens is 1. The predicted molar refractivity (Wildman–Crippen MR) is 79.5 cm³/mol. The smallest absolute Gasteiger partial charge is 1.00 e. The molecule has 0 radical (unpaired) electrons. The van der Waals surface area contributed by atoms with E-state index in [4.69, 9.17) is 0 Å². The molecule has 0 aliphatic carbocycles. The second-order valence-corrected chi connectivity index (χ2v) is 4.01. The molecule has 3 aromatic rings. The summed E-state index contributed by atoms with van der Waals surface area (Å²) >= 11 is 3.20. The molecule has 18 heavy (non-hydrogen) atoms. The van der Waals surface area contributed by atoms with Gasteiger partial charge in [-0.25, -0.2) is 4.98 Å². The molecule has 2 aromatic heterocycles. The Balaban J connectivity index is 0. The fourth-order valence-corrected chi connectivity index (χ4v) is 1.52. The first kappa shape index (κ1) is 15.0. The predicted octanol–water partition coefficient (Wildman–Crippen LogP) is 3.32. The van der Waals surface area contributed by atoms with E-state index in [-0.39, 0.29) is 25.9 Å². The molecule has 3 nitrogen and oxygen atoms in total. The molecule has 0 bridgehead atoms. The minimum absolute atomic E-state index is 0. The van der Waals surface area contributed by atoms with Gasteiger partial charge in [-0.05, 0) is 40.2 Å². The molecule has 0 aliphatic rings. The number of pyridine rings is 1. The normalized spacial score (nSPS) is 8.94. The Bertz CT molecular complexity index is 534. The second kappa shape index (κ2) is 8.13. The quantitative estimate of drug-likeness (QED) is 0.472. The van der Waals surface area contributed by atoms with E-state index in [1.807, 2.05) is 42.5 Å². The first-order valence-electron chi connectivity index (χ1n) is 5.08. The zero-order valence-electron chi connectivity index (χ0n) is 11.7. The number of aromatic nitrogens is 3. The van der Waals surface area contributed by atoms with Crippen LogP contribution in [0.1, 0.15) is 2.85 Å². The van der Waals surface area contributed by atoms with Gasteiger partial charge in [-0.15, -0.1) is 0 Å². The molecule has 0 atom stereocenters. The van der Waals surface area contributed by atoms with Gasteiger partial charge in [-0.2, -0.15) is 0 Å². The number of nitrogens with zero attached hydrogens (tertiary/aromatic N) is 3. The van der Waals surface area contributed by atoms with Crippen LogP contribution < -0.4 is 0 Å². The number of para-hydroxylation sites is 2. The summed E-state index contributed by atoms with van der Waals surface area (Å²) in [5.41, 5.74) is 1.90. The van der Waals surface area contributed by atoms with Crippen LogP contribution in [0.3, 0.4) is 0 Å². The molecular formula is C13H12BrMgN3. The molecule has 3 rings (SSSR count). The van der Waals surface area contributed by atoms with Crippen LogP contribution in [0.15, 0.2) is 65.7 Å². The van der Waals surface area contributed by atoms with Crippen LogP contribution in [-0.2, 0) is 0 Å². The number of benzene rings is 1. The molecule has 88 valence electrons. The number of fused-ring (bicyclic) bond motifs is 1. The van der Waals surface area contributed by atoms with Crippen molar-refractivity contribution in [2.24, 2.45) is 0 Å². The number of hydrogen-bond donors (Lipinski definition) is 0. The van der Waals surface area contributed by atoms with Crippen molar-refractivity contribution < 1.29 is 2.85 Å². The average molecular weight is 314 g/mol. The molecule has 0 fully saturated rings. The fraction of sp³-hybridized carbons (Fsp3) is 0. The summed E-state index contributed by atoms with van der Waals surface area (Å²) in [5.74, 6) is 0. The topological polar surface area (TPSA) is 38.7 Å². The van der Waals surface area contributed by atoms with Gasteiger partial charge in [0.05, 0.1) is 11.0 Å². The van der Waals surface area contributed by atoms with E-state index in [0.717, 1.165) is 15.6 Å². The van der Waals surface area contributed by atoms with Gasteiger partial charge >= 0.3 is 23.1 Å². The fourth-order valence-electron chi connectivity index (χ4n) is 1.25. The maximum atomic E-state index is 4.12. The van der Waals surface area contributed by atoms with Crippen LogP contribution in [0, 0.1) is 0 Å². The largest absolute Gasteiger partial charge is 2.00 e. The third kappa shape index (κ3) is 4.68. The third-order valence-electron chi connectivity index (χ3n) is 2.00. The summed E-state index contributed by atoms with van der Waals surface area (Å²) in [6.45, 7) is 0. The Kier molecular flexibility index (Phi) is 6.78. The van der Waals surface area contributed by atoms with E-state index in [1.165, 1.54) is 0 Å². The van der Waals surface area contributed by atoms with Crippen LogP contribution in [-0.4, -0.2) is 38.0 Å². The van der Waals surface area contributed by atoms with Gasteiger partial charge in [-0.1, -0.05) is 18.2 Å². The molecule has 0 unspecified atom stereocenters. The van der Waals surface area contributed by atoms with E-state index < -0.39 is 0 Å². The zero-order chi connectivity index (χ0) is 11.9.